The van der Waals surface area contributed by atoms with E-state index in [4.69, 9.17) is 11.6 Å². The molecule has 0 aliphatic carbocycles. The van der Waals surface area contributed by atoms with Crippen LogP contribution in [0.1, 0.15) is 110 Å². The molecule has 0 aromatic carbocycles. The zero-order valence-corrected chi connectivity index (χ0v) is 14.3. The third-order valence-corrected chi connectivity index (χ3v) is 4.59. The van der Waals surface area contributed by atoms with Gasteiger partial charge in [0.1, 0.15) is 0 Å². The minimum atomic E-state index is 0.424. The van der Waals surface area contributed by atoms with Crippen LogP contribution in [0.3, 0.4) is 0 Å². The van der Waals surface area contributed by atoms with Crippen molar-refractivity contribution in [2.24, 2.45) is 0 Å². The highest BCUT2D eigenvalue weighted by Gasteiger charge is 2.00. The van der Waals surface area contributed by atoms with Crippen LogP contribution in [0.25, 0.3) is 0 Å². The molecule has 116 valence electrons. The fourth-order valence-corrected chi connectivity index (χ4v) is 2.74. The highest BCUT2D eigenvalue weighted by molar-refractivity contribution is 6.20. The van der Waals surface area contributed by atoms with E-state index in [2.05, 4.69) is 13.8 Å². The average Bonchev–Trinajstić information content (AvgIpc) is 2.43. The Morgan fingerprint density at radius 1 is 0.579 bits per heavy atom. The molecular formula is C18H37Cl. The summed E-state index contributed by atoms with van der Waals surface area (Å²) in [5, 5.41) is 0.424. The maximum atomic E-state index is 6.11. The molecular weight excluding hydrogens is 252 g/mol. The first-order chi connectivity index (χ1) is 9.31. The second-order valence-corrected chi connectivity index (χ2v) is 6.65. The second kappa shape index (κ2) is 16.3. The molecule has 1 atom stereocenters. The number of halogens is 1. The van der Waals surface area contributed by atoms with Gasteiger partial charge in [0.2, 0.25) is 0 Å². The molecule has 0 fully saturated rings. The lowest BCUT2D eigenvalue weighted by Crippen LogP contribution is -1.95. The average molecular weight is 289 g/mol. The Bertz CT molecular complexity index is 156. The van der Waals surface area contributed by atoms with Crippen LogP contribution in [0, 0.1) is 0 Å². The third-order valence-electron chi connectivity index (χ3n) is 4.06. The fraction of sp³-hybridized carbons (Fsp3) is 1.00. The summed E-state index contributed by atoms with van der Waals surface area (Å²) in [6.07, 6.45) is 20.9. The van der Waals surface area contributed by atoms with E-state index in [1.54, 1.807) is 0 Å². The molecule has 0 nitrogen and oxygen atoms in total. The van der Waals surface area contributed by atoms with Gasteiger partial charge in [-0.25, -0.2) is 0 Å². The van der Waals surface area contributed by atoms with Crippen molar-refractivity contribution in [2.75, 3.05) is 0 Å². The van der Waals surface area contributed by atoms with Crippen LogP contribution in [0.2, 0.25) is 0 Å². The van der Waals surface area contributed by atoms with Gasteiger partial charge in [-0.1, -0.05) is 97.3 Å². The number of hydrogen-bond acceptors (Lipinski definition) is 0. The van der Waals surface area contributed by atoms with Gasteiger partial charge in [-0.2, -0.15) is 0 Å². The molecule has 0 saturated heterocycles. The molecule has 0 N–H and O–H groups in total. The summed E-state index contributed by atoms with van der Waals surface area (Å²) in [5.41, 5.74) is 0. The molecule has 19 heavy (non-hydrogen) atoms. The molecule has 0 aliphatic rings. The molecule has 0 rings (SSSR count). The largest absolute Gasteiger partial charge is 0.123 e. The highest BCUT2D eigenvalue weighted by Crippen LogP contribution is 2.15. The topological polar surface area (TPSA) is 0 Å². The standard InChI is InChI=1S/C18H37Cl/c1-3-5-6-7-8-9-10-11-12-13-14-15-16-17-18(19)4-2/h18H,3-17H2,1-2H3. The third kappa shape index (κ3) is 16.2. The first-order valence-electron chi connectivity index (χ1n) is 8.95. The van der Waals surface area contributed by atoms with E-state index in [0.29, 0.717) is 5.38 Å². The Hall–Kier alpha value is 0.290. The first kappa shape index (κ1) is 19.3. The number of alkyl halides is 1. The lowest BCUT2D eigenvalue weighted by molar-refractivity contribution is 0.532. The Morgan fingerprint density at radius 2 is 0.947 bits per heavy atom. The maximum Gasteiger partial charge on any atom is 0.0333 e. The minimum absolute atomic E-state index is 0.424. The maximum absolute atomic E-state index is 6.11. The number of unbranched alkanes of at least 4 members (excludes halogenated alkanes) is 12. The monoisotopic (exact) mass is 288 g/mol. The van der Waals surface area contributed by atoms with E-state index < -0.39 is 0 Å². The minimum Gasteiger partial charge on any atom is -0.123 e. The van der Waals surface area contributed by atoms with Crippen LogP contribution >= 0.6 is 11.6 Å². The van der Waals surface area contributed by atoms with Gasteiger partial charge in [-0.05, 0) is 12.8 Å². The number of hydrogen-bond donors (Lipinski definition) is 0. The van der Waals surface area contributed by atoms with Crippen molar-refractivity contribution in [3.63, 3.8) is 0 Å². The van der Waals surface area contributed by atoms with E-state index in [9.17, 15) is 0 Å². The molecule has 0 radical (unpaired) electrons. The molecule has 0 aliphatic heterocycles. The zero-order valence-electron chi connectivity index (χ0n) is 13.6. The summed E-state index contributed by atoms with van der Waals surface area (Å²) < 4.78 is 0. The SMILES string of the molecule is CCCCCCCCCCCCCCCC(Cl)CC. The van der Waals surface area contributed by atoms with Crippen molar-refractivity contribution >= 4 is 11.6 Å². The predicted molar refractivity (Wildman–Crippen MR) is 90.2 cm³/mol. The quantitative estimate of drug-likeness (QED) is 0.216. The van der Waals surface area contributed by atoms with Gasteiger partial charge in [0.25, 0.3) is 0 Å². The zero-order chi connectivity index (χ0) is 14.2. The van der Waals surface area contributed by atoms with E-state index in [-0.39, 0.29) is 0 Å². The Morgan fingerprint density at radius 3 is 1.32 bits per heavy atom. The Kier molecular flexibility index (Phi) is 16.6. The molecule has 0 spiro atoms. The van der Waals surface area contributed by atoms with E-state index in [0.717, 1.165) is 6.42 Å². The second-order valence-electron chi connectivity index (χ2n) is 6.04. The summed E-state index contributed by atoms with van der Waals surface area (Å²) in [6.45, 7) is 4.47. The fourth-order valence-electron chi connectivity index (χ4n) is 2.59. The molecule has 0 heterocycles. The van der Waals surface area contributed by atoms with Gasteiger partial charge in [0.15, 0.2) is 0 Å². The molecule has 0 aromatic heterocycles. The summed E-state index contributed by atoms with van der Waals surface area (Å²) >= 11 is 6.11. The lowest BCUT2D eigenvalue weighted by atomic mass is 10.0. The van der Waals surface area contributed by atoms with Crippen LogP contribution in [0.4, 0.5) is 0 Å². The van der Waals surface area contributed by atoms with Crippen molar-refractivity contribution in [3.05, 3.63) is 0 Å². The van der Waals surface area contributed by atoms with Crippen molar-refractivity contribution in [2.45, 2.75) is 116 Å². The Labute approximate surface area is 127 Å². The van der Waals surface area contributed by atoms with Gasteiger partial charge in [0.05, 0.1) is 0 Å². The van der Waals surface area contributed by atoms with E-state index in [1.165, 1.54) is 89.9 Å². The molecule has 0 saturated carbocycles. The van der Waals surface area contributed by atoms with Crippen LogP contribution in [0.15, 0.2) is 0 Å². The lowest BCUT2D eigenvalue weighted by Gasteiger charge is -2.05. The first-order valence-corrected chi connectivity index (χ1v) is 9.39. The van der Waals surface area contributed by atoms with E-state index in [1.807, 2.05) is 0 Å². The van der Waals surface area contributed by atoms with Crippen LogP contribution in [-0.4, -0.2) is 5.38 Å². The highest BCUT2D eigenvalue weighted by atomic mass is 35.5. The van der Waals surface area contributed by atoms with Crippen LogP contribution < -0.4 is 0 Å². The molecule has 0 bridgehead atoms. The van der Waals surface area contributed by atoms with Crippen molar-refractivity contribution in [3.8, 4) is 0 Å². The number of rotatable bonds is 15. The normalized spacial score (nSPS) is 12.8. The van der Waals surface area contributed by atoms with E-state index >= 15 is 0 Å². The van der Waals surface area contributed by atoms with Crippen molar-refractivity contribution in [1.29, 1.82) is 0 Å². The van der Waals surface area contributed by atoms with Crippen LogP contribution in [-0.2, 0) is 0 Å². The summed E-state index contributed by atoms with van der Waals surface area (Å²) in [7, 11) is 0. The van der Waals surface area contributed by atoms with Gasteiger partial charge in [0, 0.05) is 5.38 Å². The van der Waals surface area contributed by atoms with Crippen molar-refractivity contribution < 1.29 is 0 Å². The van der Waals surface area contributed by atoms with Gasteiger partial charge < -0.3 is 0 Å². The molecule has 0 aromatic rings. The van der Waals surface area contributed by atoms with Crippen molar-refractivity contribution in [1.82, 2.24) is 0 Å². The van der Waals surface area contributed by atoms with Gasteiger partial charge >= 0.3 is 0 Å². The predicted octanol–water partition coefficient (Wildman–Crippen LogP) is 7.49. The van der Waals surface area contributed by atoms with Crippen LogP contribution in [0.5, 0.6) is 0 Å². The summed E-state index contributed by atoms with van der Waals surface area (Å²) in [4.78, 5) is 0. The molecule has 1 unspecified atom stereocenters. The summed E-state index contributed by atoms with van der Waals surface area (Å²) in [5.74, 6) is 0. The molecule has 1 heteroatoms. The smallest absolute Gasteiger partial charge is 0.0333 e. The summed E-state index contributed by atoms with van der Waals surface area (Å²) in [6, 6.07) is 0. The van der Waals surface area contributed by atoms with Gasteiger partial charge in [-0.3, -0.25) is 0 Å². The Balaban J connectivity index is 2.95. The molecule has 0 amide bonds. The van der Waals surface area contributed by atoms with Gasteiger partial charge in [-0.15, -0.1) is 11.6 Å².